The van der Waals surface area contributed by atoms with Crippen LogP contribution in [0.4, 0.5) is 4.39 Å². The molecule has 1 saturated heterocycles. The Morgan fingerprint density at radius 1 is 1.30 bits per heavy atom. The smallest absolute Gasteiger partial charge is 0.257 e. The van der Waals surface area contributed by atoms with Gasteiger partial charge in [0, 0.05) is 30.3 Å². The lowest BCUT2D eigenvalue weighted by molar-refractivity contribution is 0.0706. The minimum absolute atomic E-state index is 0.0784. The largest absolute Gasteiger partial charge is 0.338 e. The van der Waals surface area contributed by atoms with Gasteiger partial charge in [-0.3, -0.25) is 15.0 Å². The minimum Gasteiger partial charge on any atom is -0.338 e. The number of amides is 1. The zero-order valence-electron chi connectivity index (χ0n) is 15.2. The Labute approximate surface area is 156 Å². The van der Waals surface area contributed by atoms with Gasteiger partial charge in [-0.25, -0.2) is 4.39 Å². The molecule has 27 heavy (non-hydrogen) atoms. The second-order valence-electron chi connectivity index (χ2n) is 6.92. The molecule has 0 radical (unpaired) electrons. The summed E-state index contributed by atoms with van der Waals surface area (Å²) in [7, 11) is 0. The Bertz CT molecular complexity index is 947. The summed E-state index contributed by atoms with van der Waals surface area (Å²) in [5, 5.41) is 14.2. The monoisotopic (exact) mass is 367 g/mol. The molecule has 2 aromatic heterocycles. The Morgan fingerprint density at radius 2 is 2.15 bits per heavy atom. The third-order valence-corrected chi connectivity index (χ3v) is 5.23. The van der Waals surface area contributed by atoms with Crippen molar-refractivity contribution >= 4 is 5.91 Å². The molecular formula is C20H22FN5O. The average Bonchev–Trinajstić information content (AvgIpc) is 3.36. The fraction of sp³-hybridized carbons (Fsp3) is 0.350. The van der Waals surface area contributed by atoms with Crippen molar-refractivity contribution in [1.29, 1.82) is 0 Å². The molecule has 1 amide bonds. The van der Waals surface area contributed by atoms with Crippen molar-refractivity contribution in [3.05, 3.63) is 59.3 Å². The number of hydrogen-bond donors (Lipinski definition) is 2. The number of aryl methyl sites for hydroxylation is 1. The van der Waals surface area contributed by atoms with E-state index in [1.807, 2.05) is 11.1 Å². The lowest BCUT2D eigenvalue weighted by Crippen LogP contribution is -2.39. The Balaban J connectivity index is 1.58. The van der Waals surface area contributed by atoms with Crippen LogP contribution in [0.3, 0.4) is 0 Å². The summed E-state index contributed by atoms with van der Waals surface area (Å²) in [6.45, 7) is 3.46. The number of piperidine rings is 1. The van der Waals surface area contributed by atoms with Crippen molar-refractivity contribution in [2.75, 3.05) is 13.1 Å². The van der Waals surface area contributed by atoms with Crippen LogP contribution in [-0.4, -0.2) is 44.3 Å². The summed E-state index contributed by atoms with van der Waals surface area (Å²) < 4.78 is 13.6. The van der Waals surface area contributed by atoms with Gasteiger partial charge in [0.25, 0.3) is 5.91 Å². The normalized spacial score (nSPS) is 17.3. The highest BCUT2D eigenvalue weighted by Crippen LogP contribution is 2.30. The topological polar surface area (TPSA) is 77.7 Å². The average molecular weight is 367 g/mol. The van der Waals surface area contributed by atoms with Crippen LogP contribution >= 0.6 is 0 Å². The number of nitrogens with one attached hydrogen (secondary N) is 2. The number of likely N-dealkylation sites (tertiary alicyclic amines) is 1. The summed E-state index contributed by atoms with van der Waals surface area (Å²) in [5.41, 5.74) is 3.98. The fourth-order valence-electron chi connectivity index (χ4n) is 3.84. The van der Waals surface area contributed by atoms with E-state index in [4.69, 9.17) is 0 Å². The van der Waals surface area contributed by atoms with Crippen LogP contribution in [0.1, 0.15) is 47.3 Å². The number of H-pyrrole nitrogens is 2. The molecule has 3 aromatic rings. The van der Waals surface area contributed by atoms with E-state index in [2.05, 4.69) is 27.3 Å². The highest BCUT2D eigenvalue weighted by Gasteiger charge is 2.29. The number of carbonyl (C=O) groups excluding carboxylic acids is 1. The number of benzene rings is 1. The molecule has 1 aromatic carbocycles. The van der Waals surface area contributed by atoms with Gasteiger partial charge in [0.1, 0.15) is 5.82 Å². The van der Waals surface area contributed by atoms with E-state index >= 15 is 0 Å². The van der Waals surface area contributed by atoms with E-state index in [0.29, 0.717) is 29.9 Å². The fourth-order valence-corrected chi connectivity index (χ4v) is 3.84. The minimum atomic E-state index is -0.343. The highest BCUT2D eigenvalue weighted by atomic mass is 19.1. The van der Waals surface area contributed by atoms with E-state index in [1.165, 1.54) is 23.9 Å². The Hall–Kier alpha value is -2.96. The van der Waals surface area contributed by atoms with Crippen LogP contribution in [0.15, 0.2) is 36.7 Å². The Morgan fingerprint density at radius 3 is 2.96 bits per heavy atom. The molecule has 140 valence electrons. The molecular weight excluding hydrogens is 345 g/mol. The van der Waals surface area contributed by atoms with Crippen molar-refractivity contribution in [2.24, 2.45) is 0 Å². The predicted octanol–water partition coefficient (Wildman–Crippen LogP) is 3.52. The summed E-state index contributed by atoms with van der Waals surface area (Å²) >= 11 is 0. The summed E-state index contributed by atoms with van der Waals surface area (Å²) in [5.74, 6) is -0.167. The number of aromatic amines is 2. The maximum absolute atomic E-state index is 13.6. The maximum Gasteiger partial charge on any atom is 0.257 e. The van der Waals surface area contributed by atoms with Crippen molar-refractivity contribution < 1.29 is 9.18 Å². The molecule has 6 nitrogen and oxygen atoms in total. The number of halogens is 1. The molecule has 0 bridgehead atoms. The van der Waals surface area contributed by atoms with E-state index < -0.39 is 0 Å². The lowest BCUT2D eigenvalue weighted by atomic mass is 9.91. The molecule has 1 atom stereocenters. The van der Waals surface area contributed by atoms with E-state index in [1.54, 1.807) is 12.1 Å². The summed E-state index contributed by atoms with van der Waals surface area (Å²) in [4.78, 5) is 15.0. The predicted molar refractivity (Wildman–Crippen MR) is 99.8 cm³/mol. The first kappa shape index (κ1) is 17.5. The van der Waals surface area contributed by atoms with Crippen LogP contribution in [-0.2, 0) is 6.42 Å². The van der Waals surface area contributed by atoms with Crippen molar-refractivity contribution in [3.63, 3.8) is 0 Å². The third-order valence-electron chi connectivity index (χ3n) is 5.23. The number of hydrogen-bond acceptors (Lipinski definition) is 3. The SMILES string of the molecule is CCc1cn[nH]c1C1CCCN(C(=O)c2cn[nH]c2-c2cccc(F)c2)C1. The molecule has 0 spiro atoms. The first-order valence-corrected chi connectivity index (χ1v) is 9.28. The van der Waals surface area contributed by atoms with Crippen molar-refractivity contribution in [2.45, 2.75) is 32.1 Å². The van der Waals surface area contributed by atoms with Gasteiger partial charge in [0.2, 0.25) is 0 Å². The molecule has 3 heterocycles. The van der Waals surface area contributed by atoms with Crippen LogP contribution in [0.25, 0.3) is 11.3 Å². The van der Waals surface area contributed by atoms with Crippen LogP contribution in [0, 0.1) is 5.82 Å². The quantitative estimate of drug-likeness (QED) is 0.741. The molecule has 2 N–H and O–H groups in total. The van der Waals surface area contributed by atoms with E-state index in [-0.39, 0.29) is 17.6 Å². The van der Waals surface area contributed by atoms with Gasteiger partial charge < -0.3 is 4.90 Å². The van der Waals surface area contributed by atoms with Crippen molar-refractivity contribution in [1.82, 2.24) is 25.3 Å². The highest BCUT2D eigenvalue weighted by molar-refractivity contribution is 5.99. The standard InChI is InChI=1S/C20H22FN5O/c1-2-13-10-22-24-18(13)15-6-4-8-26(12-15)20(27)17-11-23-25-19(17)14-5-3-7-16(21)9-14/h3,5,7,9-11,15H,2,4,6,8,12H2,1H3,(H,22,24)(H,23,25). The van der Waals surface area contributed by atoms with Gasteiger partial charge in [-0.15, -0.1) is 0 Å². The van der Waals surface area contributed by atoms with E-state index in [0.717, 1.165) is 25.0 Å². The number of carbonyl (C=O) groups is 1. The van der Waals surface area contributed by atoms with Gasteiger partial charge in [0.05, 0.1) is 23.7 Å². The molecule has 4 rings (SSSR count). The molecule has 1 fully saturated rings. The van der Waals surface area contributed by atoms with Crippen molar-refractivity contribution in [3.8, 4) is 11.3 Å². The van der Waals surface area contributed by atoms with Gasteiger partial charge >= 0.3 is 0 Å². The molecule has 1 unspecified atom stereocenters. The van der Waals surface area contributed by atoms with Gasteiger partial charge in [0.15, 0.2) is 0 Å². The number of rotatable bonds is 4. The van der Waals surface area contributed by atoms with Crippen LogP contribution < -0.4 is 0 Å². The van der Waals surface area contributed by atoms with Crippen LogP contribution in [0.2, 0.25) is 0 Å². The molecule has 7 heteroatoms. The second kappa shape index (κ2) is 7.34. The van der Waals surface area contributed by atoms with Gasteiger partial charge in [-0.2, -0.15) is 10.2 Å². The molecule has 0 saturated carbocycles. The summed E-state index contributed by atoms with van der Waals surface area (Å²) in [6.07, 6.45) is 6.28. The Kier molecular flexibility index (Phi) is 4.75. The van der Waals surface area contributed by atoms with Crippen LogP contribution in [0.5, 0.6) is 0 Å². The maximum atomic E-state index is 13.6. The first-order chi connectivity index (χ1) is 13.2. The second-order valence-corrected chi connectivity index (χ2v) is 6.92. The zero-order chi connectivity index (χ0) is 18.8. The summed E-state index contributed by atoms with van der Waals surface area (Å²) in [6, 6.07) is 6.18. The molecule has 1 aliphatic rings. The third kappa shape index (κ3) is 3.37. The zero-order valence-corrected chi connectivity index (χ0v) is 15.2. The first-order valence-electron chi connectivity index (χ1n) is 9.28. The molecule has 0 aliphatic carbocycles. The number of nitrogens with zero attached hydrogens (tertiary/aromatic N) is 3. The van der Waals surface area contributed by atoms with E-state index in [9.17, 15) is 9.18 Å². The number of aromatic nitrogens is 4. The molecule has 1 aliphatic heterocycles. The lowest BCUT2D eigenvalue weighted by Gasteiger charge is -2.32. The van der Waals surface area contributed by atoms with Gasteiger partial charge in [-0.05, 0) is 37.0 Å². The van der Waals surface area contributed by atoms with Gasteiger partial charge in [-0.1, -0.05) is 19.1 Å².